The molecular weight excluding hydrogens is 232 g/mol. The average Bonchev–Trinajstić information content (AvgIpc) is 2.87. The standard InChI is InChI=1S/C18H24O/c1-2-7-13(8-3-1)14-10-6-11-16-15-9-4-5-12-17(15)19-18(14)16/h4,9,13-14H,1-3,5-8,10-12H2. The van der Waals surface area contributed by atoms with E-state index in [1.165, 1.54) is 68.5 Å². The van der Waals surface area contributed by atoms with E-state index in [-0.39, 0.29) is 0 Å². The maximum absolute atomic E-state index is 6.34. The Hall–Kier alpha value is -0.980. The quantitative estimate of drug-likeness (QED) is 0.669. The summed E-state index contributed by atoms with van der Waals surface area (Å²) in [4.78, 5) is 0. The van der Waals surface area contributed by atoms with Crippen molar-refractivity contribution >= 4 is 6.08 Å². The zero-order valence-electron chi connectivity index (χ0n) is 11.8. The number of allylic oxidation sites excluding steroid dienone is 1. The largest absolute Gasteiger partial charge is 0.465 e. The zero-order chi connectivity index (χ0) is 12.7. The van der Waals surface area contributed by atoms with Crippen LogP contribution in [0.4, 0.5) is 0 Å². The van der Waals surface area contributed by atoms with Crippen LogP contribution >= 0.6 is 0 Å². The Morgan fingerprint density at radius 1 is 0.947 bits per heavy atom. The molecule has 102 valence electrons. The van der Waals surface area contributed by atoms with Crippen LogP contribution in [0.1, 0.15) is 79.9 Å². The molecule has 1 atom stereocenters. The highest BCUT2D eigenvalue weighted by atomic mass is 16.3. The van der Waals surface area contributed by atoms with Crippen LogP contribution in [0.25, 0.3) is 6.08 Å². The third-order valence-electron chi connectivity index (χ3n) is 5.48. The second-order valence-corrected chi connectivity index (χ2v) is 6.62. The van der Waals surface area contributed by atoms with E-state index in [2.05, 4.69) is 12.2 Å². The third kappa shape index (κ3) is 1.98. The molecule has 1 unspecified atom stereocenters. The van der Waals surface area contributed by atoms with Crippen molar-refractivity contribution in [3.8, 4) is 0 Å². The number of furan rings is 1. The van der Waals surface area contributed by atoms with Crippen molar-refractivity contribution in [2.24, 2.45) is 5.92 Å². The summed E-state index contributed by atoms with van der Waals surface area (Å²) in [5.74, 6) is 4.33. The van der Waals surface area contributed by atoms with Crippen LogP contribution < -0.4 is 0 Å². The molecule has 1 heteroatoms. The lowest BCUT2D eigenvalue weighted by molar-refractivity contribution is 0.251. The normalized spacial score (nSPS) is 27.1. The molecule has 0 radical (unpaired) electrons. The van der Waals surface area contributed by atoms with Crippen LogP contribution in [-0.2, 0) is 12.8 Å². The minimum atomic E-state index is 0.739. The molecule has 1 nitrogen and oxygen atoms in total. The molecule has 1 saturated carbocycles. The summed E-state index contributed by atoms with van der Waals surface area (Å²) in [6.07, 6.45) is 18.1. The van der Waals surface area contributed by atoms with Crippen LogP contribution in [0.5, 0.6) is 0 Å². The maximum Gasteiger partial charge on any atom is 0.111 e. The molecule has 3 aliphatic carbocycles. The molecule has 19 heavy (non-hydrogen) atoms. The monoisotopic (exact) mass is 256 g/mol. The number of hydrogen-bond acceptors (Lipinski definition) is 1. The smallest absolute Gasteiger partial charge is 0.111 e. The van der Waals surface area contributed by atoms with E-state index in [4.69, 9.17) is 4.42 Å². The van der Waals surface area contributed by atoms with E-state index in [0.717, 1.165) is 24.7 Å². The summed E-state index contributed by atoms with van der Waals surface area (Å²) in [5.41, 5.74) is 3.04. The van der Waals surface area contributed by atoms with Crippen LogP contribution in [0.15, 0.2) is 10.5 Å². The Bertz CT molecular complexity index is 488. The number of hydrogen-bond donors (Lipinski definition) is 0. The van der Waals surface area contributed by atoms with Crippen LogP contribution in [0.2, 0.25) is 0 Å². The van der Waals surface area contributed by atoms with Gasteiger partial charge in [-0.05, 0) is 44.4 Å². The molecule has 0 aliphatic heterocycles. The minimum Gasteiger partial charge on any atom is -0.465 e. The second-order valence-electron chi connectivity index (χ2n) is 6.62. The third-order valence-corrected chi connectivity index (χ3v) is 5.48. The van der Waals surface area contributed by atoms with Crippen molar-refractivity contribution < 1.29 is 4.42 Å². The maximum atomic E-state index is 6.34. The van der Waals surface area contributed by atoms with E-state index >= 15 is 0 Å². The van der Waals surface area contributed by atoms with E-state index < -0.39 is 0 Å². The van der Waals surface area contributed by atoms with Gasteiger partial charge in [-0.3, -0.25) is 0 Å². The molecule has 0 saturated heterocycles. The summed E-state index contributed by atoms with van der Waals surface area (Å²) >= 11 is 0. The summed E-state index contributed by atoms with van der Waals surface area (Å²) < 4.78 is 6.34. The highest BCUT2D eigenvalue weighted by Crippen LogP contribution is 2.46. The molecule has 0 amide bonds. The van der Waals surface area contributed by atoms with Gasteiger partial charge in [0.1, 0.15) is 11.5 Å². The zero-order valence-corrected chi connectivity index (χ0v) is 11.8. The second kappa shape index (κ2) is 4.85. The van der Waals surface area contributed by atoms with Gasteiger partial charge in [0, 0.05) is 23.5 Å². The summed E-state index contributed by atoms with van der Waals surface area (Å²) in [6.45, 7) is 0. The Balaban J connectivity index is 1.70. The molecule has 1 heterocycles. The molecule has 4 rings (SSSR count). The lowest BCUT2D eigenvalue weighted by Gasteiger charge is -2.32. The molecular formula is C18H24O. The van der Waals surface area contributed by atoms with E-state index in [0.29, 0.717) is 0 Å². The van der Waals surface area contributed by atoms with Crippen molar-refractivity contribution in [2.75, 3.05) is 0 Å². The Morgan fingerprint density at radius 3 is 2.74 bits per heavy atom. The van der Waals surface area contributed by atoms with E-state index in [1.807, 2.05) is 0 Å². The van der Waals surface area contributed by atoms with Gasteiger partial charge in [0.25, 0.3) is 0 Å². The van der Waals surface area contributed by atoms with E-state index in [9.17, 15) is 0 Å². The Labute approximate surface area is 116 Å². The van der Waals surface area contributed by atoms with Crippen molar-refractivity contribution in [1.82, 2.24) is 0 Å². The first-order valence-electron chi connectivity index (χ1n) is 8.24. The van der Waals surface area contributed by atoms with Gasteiger partial charge in [-0.1, -0.05) is 31.4 Å². The topological polar surface area (TPSA) is 13.1 Å². The molecule has 0 N–H and O–H groups in total. The van der Waals surface area contributed by atoms with E-state index in [1.54, 1.807) is 5.56 Å². The van der Waals surface area contributed by atoms with Gasteiger partial charge in [-0.2, -0.15) is 0 Å². The fourth-order valence-corrected chi connectivity index (χ4v) is 4.52. The highest BCUT2D eigenvalue weighted by molar-refractivity contribution is 5.60. The van der Waals surface area contributed by atoms with Gasteiger partial charge in [-0.25, -0.2) is 0 Å². The number of aryl methyl sites for hydroxylation is 1. The molecule has 1 fully saturated rings. The lowest BCUT2D eigenvalue weighted by Crippen LogP contribution is -2.20. The summed E-state index contributed by atoms with van der Waals surface area (Å²) in [7, 11) is 0. The predicted molar refractivity (Wildman–Crippen MR) is 78.3 cm³/mol. The van der Waals surface area contributed by atoms with Crippen LogP contribution in [-0.4, -0.2) is 0 Å². The Kier molecular flexibility index (Phi) is 3.01. The molecule has 0 aromatic carbocycles. The van der Waals surface area contributed by atoms with Crippen molar-refractivity contribution in [3.63, 3.8) is 0 Å². The van der Waals surface area contributed by atoms with Gasteiger partial charge in [-0.15, -0.1) is 0 Å². The fourth-order valence-electron chi connectivity index (χ4n) is 4.52. The van der Waals surface area contributed by atoms with Crippen molar-refractivity contribution in [1.29, 1.82) is 0 Å². The van der Waals surface area contributed by atoms with Crippen molar-refractivity contribution in [2.45, 2.75) is 70.1 Å². The molecule has 0 bridgehead atoms. The first-order chi connectivity index (χ1) is 9.43. The van der Waals surface area contributed by atoms with Crippen LogP contribution in [0, 0.1) is 5.92 Å². The van der Waals surface area contributed by atoms with Gasteiger partial charge < -0.3 is 4.42 Å². The summed E-state index contributed by atoms with van der Waals surface area (Å²) in [5, 5.41) is 0. The fraction of sp³-hybridized carbons (Fsp3) is 0.667. The van der Waals surface area contributed by atoms with Gasteiger partial charge in [0.15, 0.2) is 0 Å². The molecule has 3 aliphatic rings. The van der Waals surface area contributed by atoms with Gasteiger partial charge in [0.05, 0.1) is 0 Å². The molecule has 1 aromatic rings. The molecule has 1 aromatic heterocycles. The van der Waals surface area contributed by atoms with Crippen LogP contribution in [0.3, 0.4) is 0 Å². The predicted octanol–water partition coefficient (Wildman–Crippen LogP) is 5.24. The Morgan fingerprint density at radius 2 is 1.84 bits per heavy atom. The van der Waals surface area contributed by atoms with Gasteiger partial charge in [0.2, 0.25) is 0 Å². The van der Waals surface area contributed by atoms with Crippen molar-refractivity contribution in [3.05, 3.63) is 28.7 Å². The SMILES string of the molecule is C1=Cc2c(oc3c2CCCC3C2CCCCC2)CC1. The molecule has 0 spiro atoms. The first kappa shape index (κ1) is 11.8. The van der Waals surface area contributed by atoms with Gasteiger partial charge >= 0.3 is 0 Å². The average molecular weight is 256 g/mol. The highest BCUT2D eigenvalue weighted by Gasteiger charge is 2.34. The minimum absolute atomic E-state index is 0.739. The lowest BCUT2D eigenvalue weighted by atomic mass is 9.73. The number of fused-ring (bicyclic) bond motifs is 3. The summed E-state index contributed by atoms with van der Waals surface area (Å²) in [6, 6.07) is 0. The first-order valence-corrected chi connectivity index (χ1v) is 8.24. The number of rotatable bonds is 1.